The van der Waals surface area contributed by atoms with Crippen molar-refractivity contribution in [3.05, 3.63) is 57.1 Å². The van der Waals surface area contributed by atoms with Crippen LogP contribution < -0.4 is 15.8 Å². The Kier molecular flexibility index (Phi) is 6.50. The Bertz CT molecular complexity index is 1380. The minimum absolute atomic E-state index is 0.120. The van der Waals surface area contributed by atoms with E-state index in [1.54, 1.807) is 16.8 Å². The summed E-state index contributed by atoms with van der Waals surface area (Å²) in [6.07, 6.45) is -1.35. The molecule has 1 aliphatic heterocycles. The second kappa shape index (κ2) is 9.72. The molecule has 0 saturated carbocycles. The molecule has 1 aromatic carbocycles. The van der Waals surface area contributed by atoms with Crippen LogP contribution in [0.5, 0.6) is 0 Å². The summed E-state index contributed by atoms with van der Waals surface area (Å²) >= 11 is 1.39. The minimum Gasteiger partial charge on any atom is -0.392 e. The molecular weight excluding hydrogens is 476 g/mol. The van der Waals surface area contributed by atoms with Crippen LogP contribution in [0.4, 0.5) is 26.1 Å². The zero-order valence-electron chi connectivity index (χ0n) is 19.1. The molecule has 184 valence electrons. The molecule has 0 amide bonds. The number of benzene rings is 1. The summed E-state index contributed by atoms with van der Waals surface area (Å²) in [6, 6.07) is 7.42. The van der Waals surface area contributed by atoms with Gasteiger partial charge in [-0.25, -0.2) is 23.1 Å². The van der Waals surface area contributed by atoms with E-state index in [0.29, 0.717) is 11.4 Å². The van der Waals surface area contributed by atoms with Crippen LogP contribution in [0, 0.1) is 0 Å². The van der Waals surface area contributed by atoms with E-state index in [0.717, 1.165) is 42.1 Å². The number of hydrogen-bond acceptors (Lipinski definition) is 8. The third-order valence-electron chi connectivity index (χ3n) is 6.09. The number of piperazine rings is 1. The third kappa shape index (κ3) is 4.64. The highest BCUT2D eigenvalue weighted by Crippen LogP contribution is 2.27. The summed E-state index contributed by atoms with van der Waals surface area (Å²) < 4.78 is 28.9. The highest BCUT2D eigenvalue weighted by Gasteiger charge is 2.21. The molecule has 0 spiro atoms. The number of nitrogens with zero attached hydrogens (tertiary/aromatic N) is 6. The average molecular weight is 502 g/mol. The number of likely N-dealkylation sites (N-methyl/N-ethyl adjacent to an activating group) is 1. The van der Waals surface area contributed by atoms with Gasteiger partial charge in [0.2, 0.25) is 5.95 Å². The van der Waals surface area contributed by atoms with E-state index in [1.807, 2.05) is 18.2 Å². The molecule has 4 heterocycles. The van der Waals surface area contributed by atoms with Crippen molar-refractivity contribution in [2.75, 3.05) is 43.4 Å². The van der Waals surface area contributed by atoms with Gasteiger partial charge in [0.25, 0.3) is 12.0 Å². The van der Waals surface area contributed by atoms with E-state index in [9.17, 15) is 18.7 Å². The lowest BCUT2D eigenvalue weighted by Crippen LogP contribution is -2.44. The van der Waals surface area contributed by atoms with Gasteiger partial charge in [0.05, 0.1) is 12.3 Å². The van der Waals surface area contributed by atoms with Crippen LogP contribution in [0.15, 0.2) is 46.0 Å². The van der Waals surface area contributed by atoms with Crippen LogP contribution in [-0.4, -0.2) is 69.0 Å². The number of halogens is 2. The molecule has 1 saturated heterocycles. The summed E-state index contributed by atoms with van der Waals surface area (Å²) in [7, 11) is 2.09. The molecule has 9 nitrogen and oxygen atoms in total. The number of aromatic nitrogens is 4. The second-order valence-corrected chi connectivity index (χ2v) is 9.20. The van der Waals surface area contributed by atoms with Crippen LogP contribution in [0.1, 0.15) is 5.56 Å². The van der Waals surface area contributed by atoms with Gasteiger partial charge in [0, 0.05) is 54.7 Å². The summed E-state index contributed by atoms with van der Waals surface area (Å²) in [5.74, 6) is 0.215. The van der Waals surface area contributed by atoms with Crippen molar-refractivity contribution in [1.29, 1.82) is 0 Å². The van der Waals surface area contributed by atoms with Gasteiger partial charge in [-0.3, -0.25) is 4.79 Å². The van der Waals surface area contributed by atoms with Crippen molar-refractivity contribution in [3.8, 4) is 5.69 Å². The molecule has 2 N–H and O–H groups in total. The van der Waals surface area contributed by atoms with Crippen LogP contribution in [0.2, 0.25) is 0 Å². The highest BCUT2D eigenvalue weighted by atomic mass is 32.1. The number of hydrogen-bond donors (Lipinski definition) is 2. The number of anilines is 3. The fourth-order valence-electron chi connectivity index (χ4n) is 4.30. The van der Waals surface area contributed by atoms with Crippen molar-refractivity contribution in [2.45, 2.75) is 19.6 Å². The Morgan fingerprint density at radius 1 is 1.20 bits per heavy atom. The zero-order valence-corrected chi connectivity index (χ0v) is 19.9. The first-order valence-electron chi connectivity index (χ1n) is 11.2. The number of fused-ring (bicyclic) bond motifs is 1. The van der Waals surface area contributed by atoms with Gasteiger partial charge in [-0.15, -0.1) is 0 Å². The Morgan fingerprint density at radius 2 is 2.00 bits per heavy atom. The number of nitrogens with one attached hydrogen (secondary N) is 1. The van der Waals surface area contributed by atoms with Crippen LogP contribution in [0.25, 0.3) is 16.7 Å². The largest absolute Gasteiger partial charge is 0.392 e. The van der Waals surface area contributed by atoms with E-state index >= 15 is 0 Å². The van der Waals surface area contributed by atoms with Crippen molar-refractivity contribution in [2.24, 2.45) is 0 Å². The maximum atomic E-state index is 13.2. The first-order valence-corrected chi connectivity index (χ1v) is 12.1. The number of thiophene rings is 1. The monoisotopic (exact) mass is 501 g/mol. The SMILES string of the molecule is CN1CCN(c2ccc(Nc3ncc4c(=O)n(CC(F)F)n(-c5ccsc5)c4n3)cc2CO)CC1. The molecule has 12 heteroatoms. The lowest BCUT2D eigenvalue weighted by Gasteiger charge is -2.35. The highest BCUT2D eigenvalue weighted by molar-refractivity contribution is 7.08. The molecule has 0 atom stereocenters. The number of rotatable bonds is 7. The number of alkyl halides is 2. The van der Waals surface area contributed by atoms with Crippen LogP contribution in [0.3, 0.4) is 0 Å². The van der Waals surface area contributed by atoms with Gasteiger partial charge >= 0.3 is 0 Å². The van der Waals surface area contributed by atoms with E-state index in [4.69, 9.17) is 0 Å². The molecule has 4 aromatic rings. The average Bonchev–Trinajstić information content (AvgIpc) is 3.46. The lowest BCUT2D eigenvalue weighted by molar-refractivity contribution is 0.118. The fraction of sp³-hybridized carbons (Fsp3) is 0.348. The molecular formula is C23H25F2N7O2S. The molecule has 1 aliphatic rings. The normalized spacial score (nSPS) is 14.8. The molecule has 35 heavy (non-hydrogen) atoms. The van der Waals surface area contributed by atoms with Crippen LogP contribution in [-0.2, 0) is 13.2 Å². The van der Waals surface area contributed by atoms with E-state index in [-0.39, 0.29) is 23.6 Å². The quantitative estimate of drug-likeness (QED) is 0.402. The van der Waals surface area contributed by atoms with E-state index in [2.05, 4.69) is 32.1 Å². The van der Waals surface area contributed by atoms with Gasteiger partial charge in [-0.1, -0.05) is 0 Å². The Balaban J connectivity index is 1.49. The molecule has 0 aliphatic carbocycles. The topological polar surface area (TPSA) is 91.5 Å². The van der Waals surface area contributed by atoms with Crippen molar-refractivity contribution < 1.29 is 13.9 Å². The molecule has 0 radical (unpaired) electrons. The number of aliphatic hydroxyl groups is 1. The van der Waals surface area contributed by atoms with Crippen molar-refractivity contribution >= 4 is 39.7 Å². The molecule has 0 unspecified atom stereocenters. The maximum absolute atomic E-state index is 13.2. The Hall–Kier alpha value is -3.35. The smallest absolute Gasteiger partial charge is 0.278 e. The predicted octanol–water partition coefficient (Wildman–Crippen LogP) is 2.90. The van der Waals surface area contributed by atoms with Crippen molar-refractivity contribution in [3.63, 3.8) is 0 Å². The zero-order chi connectivity index (χ0) is 24.5. The summed E-state index contributed by atoms with van der Waals surface area (Å²) in [6.45, 7) is 2.80. The summed E-state index contributed by atoms with van der Waals surface area (Å²) in [5, 5.41) is 16.8. The Labute approximate surface area is 203 Å². The van der Waals surface area contributed by atoms with Gasteiger partial charge < -0.3 is 20.2 Å². The minimum atomic E-state index is -2.70. The molecule has 3 aromatic heterocycles. The fourth-order valence-corrected chi connectivity index (χ4v) is 4.91. The first-order chi connectivity index (χ1) is 16.9. The first kappa shape index (κ1) is 23.4. The molecule has 0 bridgehead atoms. The van der Waals surface area contributed by atoms with Gasteiger partial charge in [0.1, 0.15) is 11.9 Å². The third-order valence-corrected chi connectivity index (χ3v) is 6.76. The van der Waals surface area contributed by atoms with Gasteiger partial charge in [-0.05, 0) is 36.7 Å². The van der Waals surface area contributed by atoms with Crippen LogP contribution >= 0.6 is 11.3 Å². The van der Waals surface area contributed by atoms with E-state index in [1.165, 1.54) is 22.2 Å². The lowest BCUT2D eigenvalue weighted by atomic mass is 10.1. The maximum Gasteiger partial charge on any atom is 0.278 e. The molecule has 5 rings (SSSR count). The summed E-state index contributed by atoms with van der Waals surface area (Å²) in [5.41, 5.74) is 2.67. The standard InChI is InChI=1S/C23H25F2N7O2S/c1-29-5-7-30(8-6-29)19-3-2-16(10-15(19)13-33)27-23-26-11-18-21(28-23)32(17-4-9-35-14-17)31(22(18)34)12-20(24)25/h2-4,9-11,14,20,33H,5-8,12-13H2,1H3,(H,26,27,28). The van der Waals surface area contributed by atoms with Gasteiger partial charge in [-0.2, -0.15) is 16.3 Å². The van der Waals surface area contributed by atoms with Gasteiger partial charge in [0.15, 0.2) is 5.65 Å². The van der Waals surface area contributed by atoms with E-state index < -0.39 is 18.5 Å². The Morgan fingerprint density at radius 3 is 2.69 bits per heavy atom. The molecule has 1 fully saturated rings. The second-order valence-electron chi connectivity index (χ2n) is 8.42. The van der Waals surface area contributed by atoms with Crippen molar-refractivity contribution in [1.82, 2.24) is 24.2 Å². The summed E-state index contributed by atoms with van der Waals surface area (Å²) in [4.78, 5) is 26.1. The predicted molar refractivity (Wildman–Crippen MR) is 132 cm³/mol. The number of aliphatic hydroxyl groups excluding tert-OH is 1.